The molecule has 28 heavy (non-hydrogen) atoms. The van der Waals surface area contributed by atoms with E-state index in [0.717, 1.165) is 37.7 Å². The van der Waals surface area contributed by atoms with Gasteiger partial charge in [0.25, 0.3) is 0 Å². The fraction of sp³-hybridized carbons (Fsp3) is 0.190. The quantitative estimate of drug-likeness (QED) is 0.412. The summed E-state index contributed by atoms with van der Waals surface area (Å²) in [6.07, 6.45) is 1.09. The summed E-state index contributed by atoms with van der Waals surface area (Å²) in [6, 6.07) is 10.9. The number of fused-ring (bicyclic) bond motifs is 2. The predicted octanol–water partition coefficient (Wildman–Crippen LogP) is 4.68. The van der Waals surface area contributed by atoms with Crippen LogP contribution in [0.3, 0.4) is 0 Å². The maximum absolute atomic E-state index is 10.2. The van der Waals surface area contributed by atoms with E-state index in [2.05, 4.69) is 80.0 Å². The Labute approximate surface area is 196 Å². The third-order valence-electron chi connectivity index (χ3n) is 5.37. The predicted molar refractivity (Wildman–Crippen MR) is 132 cm³/mol. The Morgan fingerprint density at radius 1 is 1.14 bits per heavy atom. The van der Waals surface area contributed by atoms with Crippen molar-refractivity contribution >= 4 is 93.0 Å². The molecule has 7 heteroatoms. The summed E-state index contributed by atoms with van der Waals surface area (Å²) in [5.41, 5.74) is 2.25. The minimum absolute atomic E-state index is 0.167. The maximum atomic E-state index is 10.2. The van der Waals surface area contributed by atoms with E-state index in [1.807, 2.05) is 12.1 Å². The molecule has 0 saturated carbocycles. The average molecular weight is 647 g/mol. The summed E-state index contributed by atoms with van der Waals surface area (Å²) < 4.78 is 4.70. The molecule has 0 saturated heterocycles. The first-order chi connectivity index (χ1) is 13.3. The van der Waals surface area contributed by atoms with E-state index < -0.39 is 8.07 Å². The number of phenolic OH excluding ortho intramolecular Hbond substituents is 1. The zero-order valence-corrected chi connectivity index (χ0v) is 22.9. The van der Waals surface area contributed by atoms with Gasteiger partial charge in [0.2, 0.25) is 0 Å². The van der Waals surface area contributed by atoms with Crippen molar-refractivity contribution in [2.45, 2.75) is 25.9 Å². The molecule has 0 amide bonds. The first-order valence-corrected chi connectivity index (χ1v) is 15.8. The number of halogens is 3. The van der Waals surface area contributed by atoms with Gasteiger partial charge in [-0.2, -0.15) is 0 Å². The van der Waals surface area contributed by atoms with E-state index in [-0.39, 0.29) is 14.5 Å². The van der Waals surface area contributed by atoms with Crippen LogP contribution in [-0.2, 0) is 0 Å². The molecule has 144 valence electrons. The second-order valence-corrected chi connectivity index (χ2v) is 17.1. The van der Waals surface area contributed by atoms with Crippen molar-refractivity contribution in [1.82, 2.24) is 0 Å². The molecule has 1 atom stereocenters. The summed E-state index contributed by atoms with van der Waals surface area (Å²) in [5.74, 6) is 0.317. The Morgan fingerprint density at radius 2 is 1.89 bits per heavy atom. The summed E-state index contributed by atoms with van der Waals surface area (Å²) in [4.78, 5) is 4.99. The van der Waals surface area contributed by atoms with E-state index in [9.17, 15) is 5.11 Å². The Bertz CT molecular complexity index is 1220. The number of hydrogen-bond acceptors (Lipinski definition) is 2. The first-order valence-electron chi connectivity index (χ1n) is 8.96. The Hall–Kier alpha value is -0.434. The number of benzene rings is 2. The number of nitrogens with zero attached hydrogens (tertiary/aromatic N) is 1. The second-order valence-electron chi connectivity index (χ2n) is 7.22. The molecule has 0 bridgehead atoms. The molecule has 1 N–H and O–H groups in total. The van der Waals surface area contributed by atoms with Crippen LogP contribution in [0, 0.1) is 0 Å². The number of phenols is 1. The Kier molecular flexibility index (Phi) is 5.71. The van der Waals surface area contributed by atoms with E-state index in [1.54, 1.807) is 6.07 Å². The van der Waals surface area contributed by atoms with Crippen LogP contribution in [0.1, 0.15) is 13.3 Å². The molecule has 0 radical (unpaired) electrons. The van der Waals surface area contributed by atoms with Gasteiger partial charge in [0, 0.05) is 0 Å². The third kappa shape index (κ3) is 3.19. The van der Waals surface area contributed by atoms with Gasteiger partial charge < -0.3 is 0 Å². The van der Waals surface area contributed by atoms with Crippen molar-refractivity contribution in [3.05, 3.63) is 53.2 Å². The summed E-state index contributed by atoms with van der Waals surface area (Å²) in [5, 5.41) is 14.9. The van der Waals surface area contributed by atoms with Gasteiger partial charge in [0.15, 0.2) is 0 Å². The number of aromatic hydroxyl groups is 1. The number of rotatable bonds is 3. The monoisotopic (exact) mass is 645 g/mol. The van der Waals surface area contributed by atoms with E-state index in [0.29, 0.717) is 5.75 Å². The zero-order chi connectivity index (χ0) is 20.2. The van der Waals surface area contributed by atoms with E-state index in [4.69, 9.17) is 4.99 Å². The molecule has 2 nitrogen and oxygen atoms in total. The number of hydrogen-bond donors (Lipinski definition) is 1. The van der Waals surface area contributed by atoms with Crippen LogP contribution < -0.4 is 20.9 Å². The van der Waals surface area contributed by atoms with Crippen molar-refractivity contribution in [1.29, 1.82) is 0 Å². The molecule has 2 aromatic carbocycles. The Morgan fingerprint density at radius 3 is 2.54 bits per heavy atom. The molecule has 1 aliphatic rings. The first kappa shape index (κ1) is 20.8. The van der Waals surface area contributed by atoms with E-state index in [1.165, 1.54) is 23.7 Å². The molecule has 0 fully saturated rings. The van der Waals surface area contributed by atoms with Crippen molar-refractivity contribution < 1.29 is 5.11 Å². The van der Waals surface area contributed by atoms with Gasteiger partial charge in [0.05, 0.1) is 0 Å². The molecule has 2 heterocycles. The normalized spacial score (nSPS) is 17.8. The van der Waals surface area contributed by atoms with Gasteiger partial charge in [0.1, 0.15) is 0 Å². The van der Waals surface area contributed by atoms with Crippen molar-refractivity contribution in [3.63, 3.8) is 0 Å². The van der Waals surface area contributed by atoms with Gasteiger partial charge in [-0.3, -0.25) is 0 Å². The van der Waals surface area contributed by atoms with Crippen molar-refractivity contribution in [2.24, 2.45) is 4.99 Å². The van der Waals surface area contributed by atoms with Crippen LogP contribution >= 0.6 is 47.8 Å². The SMILES string of the molecule is C=c1ccc2c(c1-c1[se]c(Br)c(Br)c1Br)[Si](C)(CCC)c1cc(O)ccc1N=2. The van der Waals surface area contributed by atoms with Gasteiger partial charge in [-0.15, -0.1) is 0 Å². The zero-order valence-electron chi connectivity index (χ0n) is 15.4. The van der Waals surface area contributed by atoms with Crippen LogP contribution in [0.4, 0.5) is 5.69 Å². The van der Waals surface area contributed by atoms with Crippen LogP contribution in [-0.4, -0.2) is 27.7 Å². The van der Waals surface area contributed by atoms with Crippen molar-refractivity contribution in [3.8, 4) is 15.8 Å². The van der Waals surface area contributed by atoms with Gasteiger partial charge in [-0.05, 0) is 0 Å². The summed E-state index contributed by atoms with van der Waals surface area (Å²) in [6.45, 7) is 9.05. The third-order valence-corrected chi connectivity index (χ3v) is 17.2. The van der Waals surface area contributed by atoms with Crippen LogP contribution in [0.2, 0.25) is 12.6 Å². The van der Waals surface area contributed by atoms with Gasteiger partial charge in [-0.25, -0.2) is 0 Å². The Balaban J connectivity index is 2.16. The molecule has 4 rings (SSSR count). The standard InChI is InChI=1S/C21H18Br3NOSeSi/c1-4-9-28(3)15-10-12(26)6-8-13(15)25-14-7-5-11(2)16(20(14)28)19-17(22)18(23)21(24)27-19/h5-8,10,26H,2,4,9H2,1,3H3. The average Bonchev–Trinajstić information content (AvgIpc) is 2.91. The topological polar surface area (TPSA) is 32.6 Å². The molecule has 0 aliphatic carbocycles. The summed E-state index contributed by atoms with van der Waals surface area (Å²) >= 11 is 11.4. The molecule has 1 aromatic heterocycles. The van der Waals surface area contributed by atoms with Crippen LogP contribution in [0.25, 0.3) is 16.6 Å². The van der Waals surface area contributed by atoms with E-state index >= 15 is 0 Å². The molecular formula is C21H18Br3NOSeSi. The minimum atomic E-state index is -2.11. The van der Waals surface area contributed by atoms with Crippen molar-refractivity contribution in [2.75, 3.05) is 0 Å². The summed E-state index contributed by atoms with van der Waals surface area (Å²) in [7, 11) is -2.11. The van der Waals surface area contributed by atoms with Gasteiger partial charge in [-0.1, -0.05) is 0 Å². The van der Waals surface area contributed by atoms with Crippen LogP contribution in [0.5, 0.6) is 5.75 Å². The molecule has 1 aliphatic heterocycles. The molecule has 3 aromatic rings. The van der Waals surface area contributed by atoms with Crippen LogP contribution in [0.15, 0.2) is 47.6 Å². The fourth-order valence-corrected chi connectivity index (χ4v) is 14.1. The van der Waals surface area contributed by atoms with Gasteiger partial charge >= 0.3 is 198 Å². The fourth-order valence-electron chi connectivity index (χ4n) is 4.16. The second kappa shape index (κ2) is 7.67. The molecule has 1 unspecified atom stereocenters. The molecule has 0 spiro atoms. The molecular weight excluding hydrogens is 629 g/mol.